The third-order valence-electron chi connectivity index (χ3n) is 5.07. The van der Waals surface area contributed by atoms with Crippen LogP contribution in [-0.2, 0) is 16.2 Å². The first-order valence-electron chi connectivity index (χ1n) is 10.2. The number of ether oxygens (including phenoxy) is 2. The number of amides is 4. The van der Waals surface area contributed by atoms with Crippen LogP contribution in [-0.4, -0.2) is 25.0 Å². The molecule has 0 atom stereocenters. The van der Waals surface area contributed by atoms with E-state index in [1.807, 2.05) is 12.1 Å². The number of carbonyl (C=O) groups excluding carboxylic acids is 3. The third-order valence-corrected chi connectivity index (χ3v) is 6.36. The Bertz CT molecular complexity index is 1340. The first-order chi connectivity index (χ1) is 16.8. The van der Waals surface area contributed by atoms with E-state index in [0.29, 0.717) is 36.7 Å². The van der Waals surface area contributed by atoms with Gasteiger partial charge in [-0.1, -0.05) is 39.7 Å². The summed E-state index contributed by atoms with van der Waals surface area (Å²) in [6.45, 7) is 0.226. The molecule has 4 amide bonds. The summed E-state index contributed by atoms with van der Waals surface area (Å²) < 4.78 is 12.5. The molecule has 0 aromatic heterocycles. The first-order valence-corrected chi connectivity index (χ1v) is 12.1. The average Bonchev–Trinajstić information content (AvgIpc) is 2.82. The minimum atomic E-state index is -0.836. The number of barbiturate groups is 1. The summed E-state index contributed by atoms with van der Waals surface area (Å²) in [6.07, 6.45) is 1.40. The number of hydrogen-bond acceptors (Lipinski definition) is 5. The van der Waals surface area contributed by atoms with E-state index in [1.54, 1.807) is 48.5 Å². The van der Waals surface area contributed by atoms with E-state index < -0.39 is 17.8 Å². The molecule has 0 unspecified atom stereocenters. The molecule has 1 aliphatic rings. The van der Waals surface area contributed by atoms with Crippen LogP contribution in [0.5, 0.6) is 11.5 Å². The highest BCUT2D eigenvalue weighted by molar-refractivity contribution is 9.11. The van der Waals surface area contributed by atoms with Crippen molar-refractivity contribution in [2.75, 3.05) is 12.0 Å². The number of carbonyl (C=O) groups is 3. The summed E-state index contributed by atoms with van der Waals surface area (Å²) in [4.78, 5) is 39.3. The quantitative estimate of drug-likeness (QED) is 0.265. The molecule has 3 aromatic carbocycles. The van der Waals surface area contributed by atoms with Crippen molar-refractivity contribution in [2.24, 2.45) is 0 Å². The number of methoxy groups -OCH3 is 1. The van der Waals surface area contributed by atoms with Crippen LogP contribution >= 0.6 is 43.5 Å². The van der Waals surface area contributed by atoms with E-state index in [1.165, 1.54) is 13.2 Å². The fourth-order valence-corrected chi connectivity index (χ4v) is 4.85. The minimum Gasteiger partial charge on any atom is -0.497 e. The van der Waals surface area contributed by atoms with Gasteiger partial charge in [-0.15, -0.1) is 0 Å². The van der Waals surface area contributed by atoms with Crippen LogP contribution in [0.25, 0.3) is 6.08 Å². The largest absolute Gasteiger partial charge is 0.497 e. The highest BCUT2D eigenvalue weighted by Gasteiger charge is 2.37. The van der Waals surface area contributed by atoms with Gasteiger partial charge in [-0.25, -0.2) is 9.69 Å². The van der Waals surface area contributed by atoms with Crippen LogP contribution in [0.2, 0.25) is 5.02 Å². The molecule has 178 valence electrons. The van der Waals surface area contributed by atoms with E-state index in [0.717, 1.165) is 10.5 Å². The number of halogens is 3. The average molecular weight is 621 g/mol. The molecule has 1 fully saturated rings. The van der Waals surface area contributed by atoms with Crippen molar-refractivity contribution in [3.8, 4) is 11.5 Å². The molecule has 4 rings (SSSR count). The minimum absolute atomic E-state index is 0.221. The molecule has 1 saturated heterocycles. The van der Waals surface area contributed by atoms with Gasteiger partial charge in [0.1, 0.15) is 23.7 Å². The van der Waals surface area contributed by atoms with Gasteiger partial charge in [0.15, 0.2) is 0 Å². The van der Waals surface area contributed by atoms with Crippen LogP contribution in [0, 0.1) is 0 Å². The fourth-order valence-electron chi connectivity index (χ4n) is 3.35. The molecular formula is C25H17Br2ClN2O5. The van der Waals surface area contributed by atoms with Gasteiger partial charge >= 0.3 is 6.03 Å². The number of nitrogens with zero attached hydrogens (tertiary/aromatic N) is 1. The number of benzene rings is 3. The van der Waals surface area contributed by atoms with E-state index in [9.17, 15) is 14.4 Å². The summed E-state index contributed by atoms with van der Waals surface area (Å²) in [5.41, 5.74) is 1.41. The van der Waals surface area contributed by atoms with Crippen LogP contribution in [0.1, 0.15) is 11.1 Å². The van der Waals surface area contributed by atoms with Crippen LogP contribution in [0.4, 0.5) is 10.5 Å². The second-order valence-corrected chi connectivity index (χ2v) is 9.58. The Morgan fingerprint density at radius 3 is 2.34 bits per heavy atom. The Morgan fingerprint density at radius 1 is 1.00 bits per heavy atom. The first kappa shape index (κ1) is 25.0. The standard InChI is InChI=1S/C25H17Br2ClN2O5/c1-34-19-8-6-18(7-9-19)30-24(32)20(23(31)29-25(30)33)11-15-10-16(26)12-21(27)22(15)35-13-14-2-4-17(28)5-3-14/h2-12H,13H2,1H3,(H,29,31,33)/b20-11+. The molecule has 0 bridgehead atoms. The molecule has 0 radical (unpaired) electrons. The van der Waals surface area contributed by atoms with E-state index in [2.05, 4.69) is 37.2 Å². The van der Waals surface area contributed by atoms with Gasteiger partial charge in [-0.2, -0.15) is 0 Å². The summed E-state index contributed by atoms with van der Waals surface area (Å²) in [5, 5.41) is 2.83. The molecule has 0 aliphatic carbocycles. The monoisotopic (exact) mass is 618 g/mol. The molecule has 35 heavy (non-hydrogen) atoms. The maximum atomic E-state index is 13.3. The molecule has 7 nitrogen and oxygen atoms in total. The molecule has 1 heterocycles. The number of nitrogens with one attached hydrogen (secondary N) is 1. The second-order valence-electron chi connectivity index (χ2n) is 7.38. The maximum Gasteiger partial charge on any atom is 0.335 e. The van der Waals surface area contributed by atoms with Gasteiger partial charge in [0, 0.05) is 15.1 Å². The van der Waals surface area contributed by atoms with Crippen LogP contribution in [0.3, 0.4) is 0 Å². The van der Waals surface area contributed by atoms with Crippen molar-refractivity contribution >= 4 is 73.1 Å². The Hall–Kier alpha value is -3.14. The van der Waals surface area contributed by atoms with Gasteiger partial charge in [0.05, 0.1) is 17.3 Å². The van der Waals surface area contributed by atoms with Gasteiger partial charge in [-0.05, 0) is 76.1 Å². The van der Waals surface area contributed by atoms with Crippen molar-refractivity contribution in [3.63, 3.8) is 0 Å². The summed E-state index contributed by atoms with van der Waals surface area (Å²) >= 11 is 12.9. The van der Waals surface area contributed by atoms with Gasteiger partial charge in [-0.3, -0.25) is 14.9 Å². The number of rotatable bonds is 6. The SMILES string of the molecule is COc1ccc(N2C(=O)NC(=O)/C(=C\c3cc(Br)cc(Br)c3OCc3ccc(Cl)cc3)C2=O)cc1. The van der Waals surface area contributed by atoms with Crippen molar-refractivity contribution < 1.29 is 23.9 Å². The van der Waals surface area contributed by atoms with Crippen molar-refractivity contribution in [3.05, 3.63) is 91.3 Å². The normalized spacial score (nSPS) is 14.8. The molecule has 3 aromatic rings. The maximum absolute atomic E-state index is 13.3. The smallest absolute Gasteiger partial charge is 0.335 e. The predicted octanol–water partition coefficient (Wildman–Crippen LogP) is 6.12. The molecule has 1 N–H and O–H groups in total. The molecule has 1 aliphatic heterocycles. The Morgan fingerprint density at radius 2 is 1.69 bits per heavy atom. The van der Waals surface area contributed by atoms with Gasteiger partial charge in [0.2, 0.25) is 0 Å². The van der Waals surface area contributed by atoms with E-state index in [-0.39, 0.29) is 12.2 Å². The lowest BCUT2D eigenvalue weighted by Crippen LogP contribution is -2.54. The number of hydrogen-bond donors (Lipinski definition) is 1. The number of imide groups is 2. The second kappa shape index (κ2) is 10.6. The van der Waals surface area contributed by atoms with E-state index >= 15 is 0 Å². The highest BCUT2D eigenvalue weighted by atomic mass is 79.9. The Balaban J connectivity index is 1.69. The summed E-state index contributed by atoms with van der Waals surface area (Å²) in [5.74, 6) is -0.579. The molecule has 0 saturated carbocycles. The fraction of sp³-hybridized carbons (Fsp3) is 0.0800. The predicted molar refractivity (Wildman–Crippen MR) is 140 cm³/mol. The van der Waals surface area contributed by atoms with Crippen LogP contribution < -0.4 is 19.7 Å². The zero-order chi connectivity index (χ0) is 25.1. The van der Waals surface area contributed by atoms with Crippen molar-refractivity contribution in [1.82, 2.24) is 5.32 Å². The van der Waals surface area contributed by atoms with Crippen molar-refractivity contribution in [2.45, 2.75) is 6.61 Å². The number of anilines is 1. The zero-order valence-electron chi connectivity index (χ0n) is 18.2. The lowest BCUT2D eigenvalue weighted by Gasteiger charge is -2.26. The molecular weight excluding hydrogens is 604 g/mol. The zero-order valence-corrected chi connectivity index (χ0v) is 22.1. The van der Waals surface area contributed by atoms with Crippen molar-refractivity contribution in [1.29, 1.82) is 0 Å². The summed E-state index contributed by atoms with van der Waals surface area (Å²) in [7, 11) is 1.51. The lowest BCUT2D eigenvalue weighted by atomic mass is 10.1. The van der Waals surface area contributed by atoms with Gasteiger partial charge in [0.25, 0.3) is 11.8 Å². The third kappa shape index (κ3) is 5.58. The lowest BCUT2D eigenvalue weighted by molar-refractivity contribution is -0.122. The Kier molecular flexibility index (Phi) is 7.59. The summed E-state index contributed by atoms with van der Waals surface area (Å²) in [6, 6.07) is 16.2. The van der Waals surface area contributed by atoms with Crippen LogP contribution in [0.15, 0.2) is 75.2 Å². The van der Waals surface area contributed by atoms with Gasteiger partial charge < -0.3 is 9.47 Å². The molecule has 0 spiro atoms. The number of urea groups is 1. The molecule has 10 heteroatoms. The highest BCUT2D eigenvalue weighted by Crippen LogP contribution is 2.36. The van der Waals surface area contributed by atoms with E-state index in [4.69, 9.17) is 21.1 Å². The topological polar surface area (TPSA) is 84.9 Å². The Labute approximate surface area is 222 Å².